The van der Waals surface area contributed by atoms with E-state index >= 15 is 0 Å². The highest BCUT2D eigenvalue weighted by Gasteiger charge is 2.23. The number of nitrogens with one attached hydrogen (secondary N) is 1. The monoisotopic (exact) mass is 485 g/mol. The Balaban J connectivity index is 1.70. The highest BCUT2D eigenvalue weighted by atomic mass is 35.5. The molecule has 2 aromatic heterocycles. The van der Waals surface area contributed by atoms with E-state index in [9.17, 15) is 14.4 Å². The molecule has 0 saturated heterocycles. The van der Waals surface area contributed by atoms with Gasteiger partial charge in [0.15, 0.2) is 6.61 Å². The molecule has 0 spiro atoms. The maximum absolute atomic E-state index is 12.4. The lowest BCUT2D eigenvalue weighted by atomic mass is 10.1. The number of fused-ring (bicyclic) bond motifs is 1. The first-order chi connectivity index (χ1) is 14.2. The minimum Gasteiger partial charge on any atom is -0.462 e. The molecule has 6 nitrogen and oxygen atoms in total. The Morgan fingerprint density at radius 3 is 2.50 bits per heavy atom. The number of amides is 1. The highest BCUT2D eigenvalue weighted by molar-refractivity contribution is 7.21. The fourth-order valence-corrected chi connectivity index (χ4v) is 5.44. The average molecular weight is 486 g/mol. The van der Waals surface area contributed by atoms with Crippen LogP contribution in [0.3, 0.4) is 0 Å². The molecular formula is C20H17Cl2NO5S2. The van der Waals surface area contributed by atoms with Gasteiger partial charge in [-0.15, -0.1) is 22.7 Å². The molecule has 0 aliphatic rings. The van der Waals surface area contributed by atoms with Gasteiger partial charge in [0.1, 0.15) is 9.88 Å². The van der Waals surface area contributed by atoms with E-state index in [1.807, 2.05) is 6.92 Å². The lowest BCUT2D eigenvalue weighted by molar-refractivity contribution is -0.119. The Hall–Kier alpha value is -2.13. The SMILES string of the molecule is CCOC(=O)c1c(NC(=O)COC(=O)c2sc3cc(Cl)ccc3c2Cl)sc(C)c1C. The minimum atomic E-state index is -0.711. The highest BCUT2D eigenvalue weighted by Crippen LogP contribution is 2.37. The van der Waals surface area contributed by atoms with Gasteiger partial charge in [0.2, 0.25) is 0 Å². The van der Waals surface area contributed by atoms with Crippen LogP contribution in [0.25, 0.3) is 10.1 Å². The van der Waals surface area contributed by atoms with Gasteiger partial charge in [0.25, 0.3) is 5.91 Å². The fourth-order valence-electron chi connectivity index (χ4n) is 2.69. The zero-order valence-electron chi connectivity index (χ0n) is 16.3. The van der Waals surface area contributed by atoms with E-state index in [2.05, 4.69) is 5.32 Å². The predicted molar refractivity (Wildman–Crippen MR) is 121 cm³/mol. The average Bonchev–Trinajstić information content (AvgIpc) is 3.16. The van der Waals surface area contributed by atoms with Crippen LogP contribution in [0.2, 0.25) is 10.0 Å². The standard InChI is InChI=1S/C20H17Cl2NO5S2/c1-4-27-19(25)15-9(2)10(3)29-18(15)23-14(24)8-28-20(26)17-16(22)12-6-5-11(21)7-13(12)30-17/h5-7H,4,8H2,1-3H3,(H,23,24). The van der Waals surface area contributed by atoms with Crippen LogP contribution in [0.4, 0.5) is 5.00 Å². The molecule has 1 N–H and O–H groups in total. The first kappa shape index (κ1) is 22.6. The van der Waals surface area contributed by atoms with Gasteiger partial charge >= 0.3 is 11.9 Å². The molecule has 1 aromatic carbocycles. The smallest absolute Gasteiger partial charge is 0.350 e. The first-order valence-corrected chi connectivity index (χ1v) is 11.2. The zero-order chi connectivity index (χ0) is 22.0. The van der Waals surface area contributed by atoms with E-state index in [0.717, 1.165) is 26.5 Å². The van der Waals surface area contributed by atoms with Crippen molar-refractivity contribution in [2.75, 3.05) is 18.5 Å². The van der Waals surface area contributed by atoms with Crippen LogP contribution in [0, 0.1) is 13.8 Å². The van der Waals surface area contributed by atoms with E-state index in [1.165, 1.54) is 11.3 Å². The molecule has 3 rings (SSSR count). The molecule has 0 atom stereocenters. The van der Waals surface area contributed by atoms with Gasteiger partial charge in [-0.05, 0) is 38.5 Å². The molecule has 30 heavy (non-hydrogen) atoms. The van der Waals surface area contributed by atoms with Gasteiger partial charge in [0, 0.05) is 20.0 Å². The normalized spacial score (nSPS) is 10.8. The number of thiophene rings is 2. The van der Waals surface area contributed by atoms with Crippen molar-refractivity contribution in [1.82, 2.24) is 0 Å². The molecule has 0 bridgehead atoms. The van der Waals surface area contributed by atoms with Crippen LogP contribution in [-0.2, 0) is 14.3 Å². The summed E-state index contributed by atoms with van der Waals surface area (Å²) in [5.41, 5.74) is 1.05. The van der Waals surface area contributed by atoms with Gasteiger partial charge in [-0.1, -0.05) is 29.3 Å². The summed E-state index contributed by atoms with van der Waals surface area (Å²) in [4.78, 5) is 38.0. The minimum absolute atomic E-state index is 0.191. The molecule has 10 heteroatoms. The first-order valence-electron chi connectivity index (χ1n) is 8.84. The van der Waals surface area contributed by atoms with Gasteiger partial charge in [-0.25, -0.2) is 9.59 Å². The Morgan fingerprint density at radius 2 is 1.80 bits per heavy atom. The number of hydrogen-bond donors (Lipinski definition) is 1. The second-order valence-electron chi connectivity index (χ2n) is 6.22. The van der Waals surface area contributed by atoms with Gasteiger partial charge in [0.05, 0.1) is 17.2 Å². The van der Waals surface area contributed by atoms with Crippen molar-refractivity contribution in [3.63, 3.8) is 0 Å². The maximum Gasteiger partial charge on any atom is 0.350 e. The molecule has 0 unspecified atom stereocenters. The Morgan fingerprint density at radius 1 is 1.07 bits per heavy atom. The van der Waals surface area contributed by atoms with E-state index in [1.54, 1.807) is 32.0 Å². The van der Waals surface area contributed by atoms with E-state index in [-0.39, 0.29) is 16.5 Å². The zero-order valence-corrected chi connectivity index (χ0v) is 19.4. The summed E-state index contributed by atoms with van der Waals surface area (Å²) in [6, 6.07) is 5.10. The van der Waals surface area contributed by atoms with Crippen LogP contribution in [0.5, 0.6) is 0 Å². The lowest BCUT2D eigenvalue weighted by Gasteiger charge is -2.07. The second-order valence-corrected chi connectivity index (χ2v) is 9.31. The summed E-state index contributed by atoms with van der Waals surface area (Å²) < 4.78 is 10.9. The molecule has 0 fully saturated rings. The van der Waals surface area contributed by atoms with Crippen molar-refractivity contribution in [2.24, 2.45) is 0 Å². The Labute approximate surface area is 190 Å². The van der Waals surface area contributed by atoms with Crippen molar-refractivity contribution in [3.8, 4) is 0 Å². The summed E-state index contributed by atoms with van der Waals surface area (Å²) in [5, 5.41) is 4.45. The van der Waals surface area contributed by atoms with Crippen molar-refractivity contribution >= 4 is 78.8 Å². The molecule has 0 saturated carbocycles. The van der Waals surface area contributed by atoms with Crippen molar-refractivity contribution in [1.29, 1.82) is 0 Å². The van der Waals surface area contributed by atoms with Crippen LogP contribution < -0.4 is 5.32 Å². The summed E-state index contributed by atoms with van der Waals surface area (Å²) in [6.45, 7) is 5.02. The van der Waals surface area contributed by atoms with Crippen molar-refractivity contribution in [2.45, 2.75) is 20.8 Å². The third kappa shape index (κ3) is 4.62. The summed E-state index contributed by atoms with van der Waals surface area (Å²) in [6.07, 6.45) is 0. The molecule has 2 heterocycles. The number of anilines is 1. The number of halogens is 2. The van der Waals surface area contributed by atoms with E-state index in [0.29, 0.717) is 21.0 Å². The summed E-state index contributed by atoms with van der Waals surface area (Å²) in [5.74, 6) is -1.80. The molecule has 3 aromatic rings. The quantitative estimate of drug-likeness (QED) is 0.442. The number of rotatable bonds is 6. The number of carbonyl (C=O) groups excluding carboxylic acids is 3. The largest absolute Gasteiger partial charge is 0.462 e. The fraction of sp³-hybridized carbons (Fsp3) is 0.250. The van der Waals surface area contributed by atoms with E-state index < -0.39 is 24.5 Å². The van der Waals surface area contributed by atoms with Gasteiger partial charge in [-0.3, -0.25) is 4.79 Å². The van der Waals surface area contributed by atoms with Gasteiger partial charge in [-0.2, -0.15) is 0 Å². The third-order valence-electron chi connectivity index (χ3n) is 4.23. The topological polar surface area (TPSA) is 81.7 Å². The van der Waals surface area contributed by atoms with Crippen LogP contribution >= 0.6 is 45.9 Å². The molecule has 1 amide bonds. The van der Waals surface area contributed by atoms with Crippen molar-refractivity contribution < 1.29 is 23.9 Å². The maximum atomic E-state index is 12.4. The molecular weight excluding hydrogens is 469 g/mol. The second kappa shape index (κ2) is 9.34. The van der Waals surface area contributed by atoms with Crippen LogP contribution in [-0.4, -0.2) is 31.1 Å². The number of ether oxygens (including phenoxy) is 2. The lowest BCUT2D eigenvalue weighted by Crippen LogP contribution is -2.21. The Bertz CT molecular complexity index is 1150. The van der Waals surface area contributed by atoms with Crippen LogP contribution in [0.15, 0.2) is 18.2 Å². The number of carbonyl (C=O) groups is 3. The summed E-state index contributed by atoms with van der Waals surface area (Å²) in [7, 11) is 0. The number of benzene rings is 1. The molecule has 158 valence electrons. The molecule has 0 aliphatic heterocycles. The molecule has 0 aliphatic carbocycles. The number of esters is 2. The van der Waals surface area contributed by atoms with Crippen LogP contribution in [0.1, 0.15) is 37.4 Å². The van der Waals surface area contributed by atoms with E-state index in [4.69, 9.17) is 32.7 Å². The Kier molecular flexibility index (Phi) is 7.02. The summed E-state index contributed by atoms with van der Waals surface area (Å²) >= 11 is 14.6. The van der Waals surface area contributed by atoms with Crippen molar-refractivity contribution in [3.05, 3.63) is 49.1 Å². The number of aryl methyl sites for hydroxylation is 1. The van der Waals surface area contributed by atoms with Gasteiger partial charge < -0.3 is 14.8 Å². The molecule has 0 radical (unpaired) electrons. The third-order valence-corrected chi connectivity index (χ3v) is 7.22. The predicted octanol–water partition coefficient (Wildman–Crippen LogP) is 5.86. The number of hydrogen-bond acceptors (Lipinski definition) is 7.